The number of carbonyl (C=O) groups excluding carboxylic acids is 1. The van der Waals surface area contributed by atoms with Crippen LogP contribution < -0.4 is 4.74 Å². The van der Waals surface area contributed by atoms with Gasteiger partial charge in [0.25, 0.3) is 5.22 Å². The highest BCUT2D eigenvalue weighted by molar-refractivity contribution is 7.99. The maximum Gasteiger partial charge on any atom is 0.277 e. The van der Waals surface area contributed by atoms with Gasteiger partial charge in [0.2, 0.25) is 11.8 Å². The molecule has 0 unspecified atom stereocenters. The maximum atomic E-state index is 12.6. The van der Waals surface area contributed by atoms with Crippen molar-refractivity contribution >= 4 is 17.7 Å². The van der Waals surface area contributed by atoms with Crippen LogP contribution >= 0.6 is 11.8 Å². The van der Waals surface area contributed by atoms with Crippen LogP contribution in [-0.2, 0) is 11.3 Å². The Balaban J connectivity index is 1.24. The highest BCUT2D eigenvalue weighted by atomic mass is 32.2. The number of thioether (sulfide) groups is 1. The van der Waals surface area contributed by atoms with Gasteiger partial charge in [-0.1, -0.05) is 42.1 Å². The third-order valence-corrected chi connectivity index (χ3v) is 5.84. The molecule has 7 nitrogen and oxygen atoms in total. The van der Waals surface area contributed by atoms with Crippen molar-refractivity contribution < 1.29 is 13.9 Å². The first kappa shape index (κ1) is 20.4. The molecule has 30 heavy (non-hydrogen) atoms. The highest BCUT2D eigenvalue weighted by Gasteiger charge is 2.22. The zero-order valence-electron chi connectivity index (χ0n) is 16.9. The van der Waals surface area contributed by atoms with Crippen LogP contribution in [0.25, 0.3) is 11.5 Å². The number of ether oxygens (including phenoxy) is 1. The van der Waals surface area contributed by atoms with Crippen LogP contribution in [0, 0.1) is 0 Å². The van der Waals surface area contributed by atoms with E-state index in [4.69, 9.17) is 9.15 Å². The van der Waals surface area contributed by atoms with Gasteiger partial charge in [0, 0.05) is 38.3 Å². The molecule has 1 amide bonds. The molecule has 2 heterocycles. The van der Waals surface area contributed by atoms with Crippen LogP contribution in [0.5, 0.6) is 5.75 Å². The lowest BCUT2D eigenvalue weighted by Gasteiger charge is -2.34. The van der Waals surface area contributed by atoms with E-state index in [-0.39, 0.29) is 5.91 Å². The number of hydrogen-bond acceptors (Lipinski definition) is 7. The summed E-state index contributed by atoms with van der Waals surface area (Å²) in [6.07, 6.45) is 0. The molecule has 0 spiro atoms. The van der Waals surface area contributed by atoms with Gasteiger partial charge in [0.1, 0.15) is 5.75 Å². The summed E-state index contributed by atoms with van der Waals surface area (Å²) >= 11 is 1.28. The molecule has 2 aromatic carbocycles. The van der Waals surface area contributed by atoms with Crippen LogP contribution in [0.1, 0.15) is 5.56 Å². The van der Waals surface area contributed by atoms with Gasteiger partial charge < -0.3 is 14.1 Å². The number of benzene rings is 2. The molecule has 1 fully saturated rings. The van der Waals surface area contributed by atoms with E-state index in [1.54, 1.807) is 7.11 Å². The topological polar surface area (TPSA) is 71.7 Å². The van der Waals surface area contributed by atoms with Gasteiger partial charge in [0.15, 0.2) is 0 Å². The number of hydrogen-bond donors (Lipinski definition) is 0. The molecule has 1 saturated heterocycles. The predicted molar refractivity (Wildman–Crippen MR) is 115 cm³/mol. The lowest BCUT2D eigenvalue weighted by atomic mass is 10.2. The second kappa shape index (κ2) is 9.77. The van der Waals surface area contributed by atoms with Gasteiger partial charge in [-0.05, 0) is 29.8 Å². The van der Waals surface area contributed by atoms with Crippen molar-refractivity contribution in [1.82, 2.24) is 20.0 Å². The first-order valence-corrected chi connectivity index (χ1v) is 10.8. The number of aromatic nitrogens is 2. The van der Waals surface area contributed by atoms with Crippen LogP contribution in [0.2, 0.25) is 0 Å². The van der Waals surface area contributed by atoms with Crippen molar-refractivity contribution in [3.8, 4) is 17.2 Å². The highest BCUT2D eigenvalue weighted by Crippen LogP contribution is 2.25. The number of nitrogens with zero attached hydrogens (tertiary/aromatic N) is 4. The number of carbonyl (C=O) groups is 1. The zero-order valence-corrected chi connectivity index (χ0v) is 17.7. The van der Waals surface area contributed by atoms with Crippen molar-refractivity contribution in [2.75, 3.05) is 39.0 Å². The Kier molecular flexibility index (Phi) is 6.66. The van der Waals surface area contributed by atoms with Crippen molar-refractivity contribution in [2.24, 2.45) is 0 Å². The Labute approximate surface area is 180 Å². The maximum absolute atomic E-state index is 12.6. The fourth-order valence-electron chi connectivity index (χ4n) is 3.33. The summed E-state index contributed by atoms with van der Waals surface area (Å²) in [6.45, 7) is 4.18. The molecule has 0 N–H and O–H groups in total. The average Bonchev–Trinajstić information content (AvgIpc) is 3.28. The van der Waals surface area contributed by atoms with Gasteiger partial charge in [-0.3, -0.25) is 9.69 Å². The fraction of sp³-hybridized carbons (Fsp3) is 0.318. The second-order valence-electron chi connectivity index (χ2n) is 7.03. The van der Waals surface area contributed by atoms with Crippen molar-refractivity contribution in [3.63, 3.8) is 0 Å². The Hall–Kier alpha value is -2.84. The quantitative estimate of drug-likeness (QED) is 0.540. The summed E-state index contributed by atoms with van der Waals surface area (Å²) in [5, 5.41) is 8.52. The van der Waals surface area contributed by atoms with Crippen molar-refractivity contribution in [2.45, 2.75) is 11.8 Å². The van der Waals surface area contributed by atoms with E-state index in [1.807, 2.05) is 35.2 Å². The fourth-order valence-corrected chi connectivity index (χ4v) is 4.00. The molecule has 4 rings (SSSR count). The van der Waals surface area contributed by atoms with Gasteiger partial charge in [-0.25, -0.2) is 0 Å². The molecule has 3 aromatic rings. The van der Waals surface area contributed by atoms with E-state index in [0.717, 1.165) is 44.0 Å². The van der Waals surface area contributed by atoms with Crippen LogP contribution in [0.4, 0.5) is 0 Å². The molecule has 8 heteroatoms. The standard InChI is InChI=1S/C22H24N4O3S/c1-28-19-9-7-18(8-10-19)21-23-24-22(29-21)30-16-20(27)26-13-11-25(12-14-26)15-17-5-3-2-4-6-17/h2-10H,11-16H2,1H3. The number of piperazine rings is 1. The summed E-state index contributed by atoms with van der Waals surface area (Å²) in [7, 11) is 1.62. The molecule has 0 radical (unpaired) electrons. The number of rotatable bonds is 7. The predicted octanol–water partition coefficient (Wildman–Crippen LogP) is 3.18. The minimum absolute atomic E-state index is 0.101. The van der Waals surface area contributed by atoms with Crippen LogP contribution in [0.3, 0.4) is 0 Å². The average molecular weight is 425 g/mol. The Morgan fingerprint density at radius 2 is 1.77 bits per heavy atom. The van der Waals surface area contributed by atoms with E-state index in [1.165, 1.54) is 17.3 Å². The number of methoxy groups -OCH3 is 1. The van der Waals surface area contributed by atoms with E-state index >= 15 is 0 Å². The summed E-state index contributed by atoms with van der Waals surface area (Å²) in [4.78, 5) is 16.9. The summed E-state index contributed by atoms with van der Waals surface area (Å²) in [6, 6.07) is 17.8. The van der Waals surface area contributed by atoms with E-state index < -0.39 is 0 Å². The van der Waals surface area contributed by atoms with Crippen molar-refractivity contribution in [3.05, 3.63) is 60.2 Å². The van der Waals surface area contributed by atoms with Gasteiger partial charge in [-0.2, -0.15) is 0 Å². The molecule has 0 aliphatic carbocycles. The Bertz CT molecular complexity index is 954. The number of amides is 1. The van der Waals surface area contributed by atoms with Gasteiger partial charge >= 0.3 is 0 Å². The van der Waals surface area contributed by atoms with E-state index in [9.17, 15) is 4.79 Å². The third-order valence-electron chi connectivity index (χ3n) is 5.04. The van der Waals surface area contributed by atoms with E-state index in [0.29, 0.717) is 16.9 Å². The molecule has 1 aliphatic rings. The van der Waals surface area contributed by atoms with Crippen LogP contribution in [0.15, 0.2) is 64.2 Å². The summed E-state index contributed by atoms with van der Waals surface area (Å²) in [5.74, 6) is 1.59. The smallest absolute Gasteiger partial charge is 0.277 e. The first-order valence-electron chi connectivity index (χ1n) is 9.86. The molecule has 0 atom stereocenters. The monoisotopic (exact) mass is 424 g/mol. The normalized spacial score (nSPS) is 14.6. The summed E-state index contributed by atoms with van der Waals surface area (Å²) < 4.78 is 10.8. The Morgan fingerprint density at radius 1 is 1.03 bits per heavy atom. The largest absolute Gasteiger partial charge is 0.497 e. The molecule has 156 valence electrons. The van der Waals surface area contributed by atoms with Crippen molar-refractivity contribution in [1.29, 1.82) is 0 Å². The SMILES string of the molecule is COc1ccc(-c2nnc(SCC(=O)N3CCN(Cc4ccccc4)CC3)o2)cc1. The van der Waals surface area contributed by atoms with Crippen LogP contribution in [-0.4, -0.2) is 64.9 Å². The van der Waals surface area contributed by atoms with Gasteiger partial charge in [0.05, 0.1) is 12.9 Å². The lowest BCUT2D eigenvalue weighted by Crippen LogP contribution is -2.48. The minimum Gasteiger partial charge on any atom is -0.497 e. The zero-order chi connectivity index (χ0) is 20.8. The lowest BCUT2D eigenvalue weighted by molar-refractivity contribution is -0.130. The minimum atomic E-state index is 0.101. The summed E-state index contributed by atoms with van der Waals surface area (Å²) in [5.41, 5.74) is 2.12. The molecular weight excluding hydrogens is 400 g/mol. The molecule has 0 saturated carbocycles. The molecule has 1 aromatic heterocycles. The molecule has 1 aliphatic heterocycles. The molecule has 0 bridgehead atoms. The second-order valence-corrected chi connectivity index (χ2v) is 7.96. The third kappa shape index (κ3) is 5.20. The van der Waals surface area contributed by atoms with Gasteiger partial charge in [-0.15, -0.1) is 10.2 Å². The Morgan fingerprint density at radius 3 is 2.47 bits per heavy atom. The first-order chi connectivity index (χ1) is 14.7. The molecular formula is C22H24N4O3S. The van der Waals surface area contributed by atoms with E-state index in [2.05, 4.69) is 39.4 Å².